The molecular weight excluding hydrogens is 665 g/mol. The molecule has 3 N–H and O–H groups in total. The molecule has 0 bridgehead atoms. The molecule has 1 saturated carbocycles. The monoisotopic (exact) mass is 692 g/mol. The fraction of sp³-hybridized carbons (Fsp3) is 0.545. The zero-order valence-electron chi connectivity index (χ0n) is 23.4. The van der Waals surface area contributed by atoms with E-state index in [1.807, 2.05) is 0 Å². The summed E-state index contributed by atoms with van der Waals surface area (Å²) in [6, 6.07) is -1.09. The highest BCUT2D eigenvalue weighted by atomic mass is 32.7. The van der Waals surface area contributed by atoms with Gasteiger partial charge in [-0.15, -0.1) is 0 Å². The van der Waals surface area contributed by atoms with Gasteiger partial charge in [0, 0.05) is 26.9 Å². The number of halogens is 1. The summed E-state index contributed by atoms with van der Waals surface area (Å²) in [5, 5.41) is 11.0. The third-order valence-electron chi connectivity index (χ3n) is 7.57. The average Bonchev–Trinajstić information content (AvgIpc) is 3.73. The van der Waals surface area contributed by atoms with E-state index in [1.54, 1.807) is 0 Å². The Hall–Kier alpha value is -2.84. The maximum Gasteiger partial charge on any atom is 0.472 e. The summed E-state index contributed by atoms with van der Waals surface area (Å²) in [4.78, 5) is 61.4. The van der Waals surface area contributed by atoms with Gasteiger partial charge < -0.3 is 33.3 Å². The van der Waals surface area contributed by atoms with Crippen LogP contribution in [0.25, 0.3) is 22.3 Å². The molecule has 9 atom stereocenters. The molecule has 1 saturated heterocycles. The zero-order valence-corrected chi connectivity index (χ0v) is 26.1. The number of aryl methyl sites for hydroxylation is 2. The summed E-state index contributed by atoms with van der Waals surface area (Å²) in [6.45, 7) is -5.05. The first-order chi connectivity index (χ1) is 21.1. The Kier molecular flexibility index (Phi) is 8.39. The van der Waals surface area contributed by atoms with Crippen LogP contribution in [-0.2, 0) is 41.5 Å². The Morgan fingerprint density at radius 2 is 1.53 bits per heavy atom. The summed E-state index contributed by atoms with van der Waals surface area (Å²) in [5.41, 5.74) is -0.824. The van der Waals surface area contributed by atoms with Crippen molar-refractivity contribution in [2.24, 2.45) is 14.1 Å². The lowest BCUT2D eigenvalue weighted by Crippen LogP contribution is -2.34. The number of aliphatic hydroxyl groups excluding tert-OH is 1. The molecule has 3 unspecified atom stereocenters. The van der Waals surface area contributed by atoms with Gasteiger partial charge in [0.15, 0.2) is 28.6 Å². The highest BCUT2D eigenvalue weighted by Gasteiger charge is 2.51. The summed E-state index contributed by atoms with van der Waals surface area (Å²) >= 11 is 3.49. The molecule has 1 aliphatic carbocycles. The minimum Gasteiger partial charge on any atom is -0.388 e. The van der Waals surface area contributed by atoms with Gasteiger partial charge in [0.1, 0.15) is 18.4 Å². The fourth-order valence-corrected chi connectivity index (χ4v) is 7.38. The zero-order chi connectivity index (χ0) is 32.4. The maximum atomic E-state index is 15.0. The number of rotatable bonds is 9. The number of imidazole rings is 2. The summed E-state index contributed by atoms with van der Waals surface area (Å²) in [7, 11) is -2.09. The fourth-order valence-electron chi connectivity index (χ4n) is 5.47. The smallest absolute Gasteiger partial charge is 0.388 e. The largest absolute Gasteiger partial charge is 0.472 e. The second kappa shape index (κ2) is 11.8. The van der Waals surface area contributed by atoms with Crippen LogP contribution < -0.4 is 11.1 Å². The molecule has 4 aromatic rings. The molecular formula is C22H27FN8O11P2S. The Morgan fingerprint density at radius 3 is 2.13 bits per heavy atom. The number of thiol groups is 1. The first kappa shape index (κ1) is 32.1. The maximum absolute atomic E-state index is 15.0. The Balaban J connectivity index is 1.19. The number of aromatic nitrogens is 8. The number of phosphoric acid groups is 1. The molecule has 0 amide bonds. The topological polar surface area (TPSA) is 237 Å². The van der Waals surface area contributed by atoms with Crippen LogP contribution in [0.3, 0.4) is 0 Å². The van der Waals surface area contributed by atoms with Crippen molar-refractivity contribution >= 4 is 49.2 Å². The number of ether oxygens (including phenoxy) is 1. The van der Waals surface area contributed by atoms with Gasteiger partial charge in [-0.1, -0.05) is 12.2 Å². The van der Waals surface area contributed by atoms with Gasteiger partial charge in [-0.25, -0.2) is 33.5 Å². The molecule has 244 valence electrons. The van der Waals surface area contributed by atoms with E-state index < -0.39 is 75.2 Å². The predicted octanol–water partition coefficient (Wildman–Crippen LogP) is 0.122. The highest BCUT2D eigenvalue weighted by molar-refractivity contribution is 8.44. The normalized spacial score (nSPS) is 29.8. The minimum atomic E-state index is -5.04. The lowest BCUT2D eigenvalue weighted by Gasteiger charge is -2.26. The van der Waals surface area contributed by atoms with Crippen molar-refractivity contribution in [1.29, 1.82) is 0 Å². The molecule has 1 aliphatic heterocycles. The van der Waals surface area contributed by atoms with Crippen LogP contribution >= 0.6 is 26.9 Å². The molecule has 5 heterocycles. The number of hydrogen-bond acceptors (Lipinski definition) is 13. The van der Waals surface area contributed by atoms with Gasteiger partial charge in [-0.2, -0.15) is 0 Å². The van der Waals surface area contributed by atoms with E-state index in [2.05, 4.69) is 32.2 Å². The van der Waals surface area contributed by atoms with E-state index in [9.17, 15) is 33.6 Å². The van der Waals surface area contributed by atoms with Gasteiger partial charge in [0.2, 0.25) is 0 Å². The molecule has 2 fully saturated rings. The average molecular weight is 693 g/mol. The number of alkyl halides is 1. The van der Waals surface area contributed by atoms with E-state index in [4.69, 9.17) is 18.3 Å². The molecule has 0 spiro atoms. The summed E-state index contributed by atoms with van der Waals surface area (Å²) < 4.78 is 66.1. The molecule has 0 radical (unpaired) electrons. The van der Waals surface area contributed by atoms with Crippen molar-refractivity contribution < 1.29 is 46.7 Å². The van der Waals surface area contributed by atoms with E-state index in [0.717, 1.165) is 0 Å². The van der Waals surface area contributed by atoms with Gasteiger partial charge in [-0.3, -0.25) is 27.7 Å². The number of hydrogen-bond donors (Lipinski definition) is 4. The van der Waals surface area contributed by atoms with Crippen LogP contribution in [-0.4, -0.2) is 90.3 Å². The van der Waals surface area contributed by atoms with Crippen molar-refractivity contribution in [3.63, 3.8) is 0 Å². The molecule has 45 heavy (non-hydrogen) atoms. The second-order valence-electron chi connectivity index (χ2n) is 10.6. The summed E-state index contributed by atoms with van der Waals surface area (Å²) in [5.74, 6) is 0. The Labute approximate surface area is 256 Å². The third-order valence-corrected chi connectivity index (χ3v) is 9.38. The van der Waals surface area contributed by atoms with E-state index in [-0.39, 0.29) is 35.2 Å². The van der Waals surface area contributed by atoms with Crippen LogP contribution in [0.5, 0.6) is 0 Å². The standard InChI is InChI=1S/C22H27FN8O11P2S/c1-28-6-26-18-14(20(28)33)24-8-30(18)12-4-13(41-44(37,38)45)16(32)17(12)42-43(35,36)39-5-10-3-11(23)22(40-10)31-9-25-15-19(31)27-7-29(2)21(15)34/h6-13,16-17,22,32H,3-5H2,1-2H3,(H,35,36)(H2,37,38,45)/t10-,11+,12+,13-,16+,17?,22+/m0/s1. The van der Waals surface area contributed by atoms with Crippen molar-refractivity contribution in [3.8, 4) is 0 Å². The van der Waals surface area contributed by atoms with Crippen LogP contribution in [0, 0.1) is 0 Å². The second-order valence-corrected chi connectivity index (χ2v) is 14.7. The number of aliphatic hydroxyl groups is 1. The van der Waals surface area contributed by atoms with Crippen molar-refractivity contribution in [3.05, 3.63) is 46.0 Å². The number of phosphoric ester groups is 1. The highest BCUT2D eigenvalue weighted by Crippen LogP contribution is 2.55. The molecule has 6 rings (SSSR count). The molecule has 2 aliphatic rings. The van der Waals surface area contributed by atoms with Crippen LogP contribution in [0.15, 0.2) is 34.9 Å². The first-order valence-corrected chi connectivity index (χ1v) is 17.5. The summed E-state index contributed by atoms with van der Waals surface area (Å²) in [6.07, 6.45) is -4.29. The molecule has 19 nitrogen and oxygen atoms in total. The van der Waals surface area contributed by atoms with Crippen molar-refractivity contribution in [2.45, 2.75) is 55.7 Å². The quantitative estimate of drug-likeness (QED) is 0.135. The van der Waals surface area contributed by atoms with Crippen LogP contribution in [0.1, 0.15) is 25.1 Å². The van der Waals surface area contributed by atoms with Gasteiger partial charge in [-0.05, 0) is 0 Å². The number of fused-ring (bicyclic) bond motifs is 2. The lowest BCUT2D eigenvalue weighted by atomic mass is 10.2. The predicted molar refractivity (Wildman–Crippen MR) is 153 cm³/mol. The molecule has 4 aromatic heterocycles. The minimum absolute atomic E-state index is 0.00687. The van der Waals surface area contributed by atoms with Crippen LogP contribution in [0.2, 0.25) is 0 Å². The third kappa shape index (κ3) is 6.17. The van der Waals surface area contributed by atoms with Gasteiger partial charge in [0.25, 0.3) is 11.1 Å². The van der Waals surface area contributed by atoms with Crippen molar-refractivity contribution in [1.82, 2.24) is 38.2 Å². The lowest BCUT2D eigenvalue weighted by molar-refractivity contribution is -0.0461. The Morgan fingerprint density at radius 1 is 0.956 bits per heavy atom. The number of nitrogens with zero attached hydrogens (tertiary/aromatic N) is 8. The van der Waals surface area contributed by atoms with Gasteiger partial charge >= 0.3 is 14.6 Å². The van der Waals surface area contributed by atoms with Crippen molar-refractivity contribution in [2.75, 3.05) is 6.61 Å². The molecule has 23 heteroatoms. The van der Waals surface area contributed by atoms with E-state index >= 15 is 4.39 Å². The molecule has 0 aromatic carbocycles. The van der Waals surface area contributed by atoms with E-state index in [0.29, 0.717) is 0 Å². The first-order valence-electron chi connectivity index (χ1n) is 13.3. The van der Waals surface area contributed by atoms with Gasteiger partial charge in [0.05, 0.1) is 50.2 Å². The van der Waals surface area contributed by atoms with Crippen LogP contribution in [0.4, 0.5) is 4.39 Å². The van der Waals surface area contributed by atoms with E-state index in [1.165, 1.54) is 57.7 Å². The Bertz CT molecular complexity index is 1980. The SMILES string of the molecule is Cn1cnc2c(ncn2[C@@H]2C[C@H](OP(=O)(O)S)[C@@H](O)C2OP(=O)(O)OC[C@@H]2C[C@@H](F)[C@H](n3cnc4c(=O)n(C)cnc43)O2)c1=O.